The molecule has 0 aliphatic carbocycles. The van der Waals surface area contributed by atoms with Gasteiger partial charge in [0, 0.05) is 32.3 Å². The molecular weight excluding hydrogens is 390 g/mol. The minimum absolute atomic E-state index is 0.158. The molecule has 164 valence electrons. The second-order valence-electron chi connectivity index (χ2n) is 8.02. The van der Waals surface area contributed by atoms with Gasteiger partial charge >= 0.3 is 0 Å². The zero-order valence-corrected chi connectivity index (χ0v) is 18.0. The van der Waals surface area contributed by atoms with Gasteiger partial charge in [-0.25, -0.2) is 0 Å². The van der Waals surface area contributed by atoms with Crippen LogP contribution in [0, 0.1) is 0 Å². The smallest absolute Gasteiger partial charge is 0.244 e. The number of carbonyl (C=O) groups excluding carboxylic acids is 2. The lowest BCUT2D eigenvalue weighted by molar-refractivity contribution is -0.126. The number of nitrogens with one attached hydrogen (secondary N) is 2. The summed E-state index contributed by atoms with van der Waals surface area (Å²) in [7, 11) is 0. The minimum Gasteiger partial charge on any atom is -0.393 e. The van der Waals surface area contributed by atoms with E-state index in [-0.39, 0.29) is 17.9 Å². The number of likely N-dealkylation sites (tertiary alicyclic amines) is 1. The summed E-state index contributed by atoms with van der Waals surface area (Å²) in [6, 6.07) is 17.1. The molecule has 0 radical (unpaired) electrons. The third-order valence-corrected chi connectivity index (χ3v) is 5.43. The largest absolute Gasteiger partial charge is 0.393 e. The lowest BCUT2D eigenvalue weighted by Gasteiger charge is -2.29. The Hall–Kier alpha value is -2.96. The van der Waals surface area contributed by atoms with Gasteiger partial charge in [-0.3, -0.25) is 14.5 Å². The molecule has 1 fully saturated rings. The summed E-state index contributed by atoms with van der Waals surface area (Å²) in [6.07, 6.45) is 4.66. The maximum absolute atomic E-state index is 12.3. The summed E-state index contributed by atoms with van der Waals surface area (Å²) in [5, 5.41) is 15.2. The van der Waals surface area contributed by atoms with Gasteiger partial charge in [-0.2, -0.15) is 0 Å². The Kier molecular flexibility index (Phi) is 8.38. The number of carbonyl (C=O) groups is 2. The Labute approximate surface area is 184 Å². The van der Waals surface area contributed by atoms with Crippen molar-refractivity contribution in [1.82, 2.24) is 15.5 Å². The van der Waals surface area contributed by atoms with E-state index in [1.165, 1.54) is 11.6 Å². The molecule has 3 N–H and O–H groups in total. The van der Waals surface area contributed by atoms with Gasteiger partial charge in [0.2, 0.25) is 11.8 Å². The molecule has 6 nitrogen and oxygen atoms in total. The van der Waals surface area contributed by atoms with E-state index in [0.29, 0.717) is 6.54 Å². The Morgan fingerprint density at radius 2 is 1.71 bits per heavy atom. The molecule has 0 bridgehead atoms. The van der Waals surface area contributed by atoms with Crippen molar-refractivity contribution in [2.24, 2.45) is 0 Å². The van der Waals surface area contributed by atoms with Crippen molar-refractivity contribution >= 4 is 17.9 Å². The zero-order valence-electron chi connectivity index (χ0n) is 18.0. The molecule has 0 aromatic heterocycles. The van der Waals surface area contributed by atoms with E-state index in [1.54, 1.807) is 13.0 Å². The van der Waals surface area contributed by atoms with Crippen molar-refractivity contribution in [2.75, 3.05) is 13.1 Å². The van der Waals surface area contributed by atoms with Crippen LogP contribution in [0.25, 0.3) is 6.08 Å². The summed E-state index contributed by atoms with van der Waals surface area (Å²) < 4.78 is 0. The van der Waals surface area contributed by atoms with Crippen molar-refractivity contribution in [3.8, 4) is 0 Å². The number of piperidine rings is 1. The summed E-state index contributed by atoms with van der Waals surface area (Å²) in [5.41, 5.74) is 3.15. The molecule has 3 rings (SSSR count). The fourth-order valence-corrected chi connectivity index (χ4v) is 3.50. The number of benzene rings is 2. The van der Waals surface area contributed by atoms with Gasteiger partial charge in [0.15, 0.2) is 0 Å². The maximum Gasteiger partial charge on any atom is 0.244 e. The van der Waals surface area contributed by atoms with E-state index in [9.17, 15) is 14.7 Å². The SMILES string of the molecule is CC(NC(=O)/C=C/c1ccccc1)C(=O)NCc1ccc(CN2CCC(O)CC2)cc1. The lowest BCUT2D eigenvalue weighted by atomic mass is 10.1. The number of amides is 2. The zero-order chi connectivity index (χ0) is 22.1. The topological polar surface area (TPSA) is 81.7 Å². The molecule has 0 spiro atoms. The number of nitrogens with zero attached hydrogens (tertiary/aromatic N) is 1. The van der Waals surface area contributed by atoms with Gasteiger partial charge in [-0.15, -0.1) is 0 Å². The number of hydrogen-bond acceptors (Lipinski definition) is 4. The minimum atomic E-state index is -0.623. The first kappa shape index (κ1) is 22.7. The van der Waals surface area contributed by atoms with E-state index >= 15 is 0 Å². The van der Waals surface area contributed by atoms with Gasteiger partial charge in [0.25, 0.3) is 0 Å². The maximum atomic E-state index is 12.3. The van der Waals surface area contributed by atoms with Crippen LogP contribution < -0.4 is 10.6 Å². The Morgan fingerprint density at radius 3 is 2.39 bits per heavy atom. The lowest BCUT2D eigenvalue weighted by Crippen LogP contribution is -2.44. The summed E-state index contributed by atoms with van der Waals surface area (Å²) >= 11 is 0. The van der Waals surface area contributed by atoms with Gasteiger partial charge in [0.1, 0.15) is 6.04 Å². The quantitative estimate of drug-likeness (QED) is 0.572. The Morgan fingerprint density at radius 1 is 1.06 bits per heavy atom. The first-order chi connectivity index (χ1) is 15.0. The molecule has 1 heterocycles. The van der Waals surface area contributed by atoms with Crippen LogP contribution >= 0.6 is 0 Å². The number of aliphatic hydroxyl groups is 1. The van der Waals surface area contributed by atoms with Gasteiger partial charge in [-0.05, 0) is 42.5 Å². The van der Waals surface area contributed by atoms with Crippen LogP contribution in [0.3, 0.4) is 0 Å². The van der Waals surface area contributed by atoms with Crippen LogP contribution in [0.4, 0.5) is 0 Å². The summed E-state index contributed by atoms with van der Waals surface area (Å²) in [6.45, 7) is 4.79. The Bertz CT molecular complexity index is 873. The molecule has 1 saturated heterocycles. The molecule has 6 heteroatoms. The van der Waals surface area contributed by atoms with E-state index in [0.717, 1.165) is 43.6 Å². The molecule has 2 aromatic carbocycles. The molecule has 1 atom stereocenters. The number of hydrogen-bond donors (Lipinski definition) is 3. The number of aliphatic hydroxyl groups excluding tert-OH is 1. The third kappa shape index (κ3) is 7.66. The standard InChI is InChI=1S/C25H31N3O3/c1-19(27-24(30)12-11-20-5-3-2-4-6-20)25(31)26-17-21-7-9-22(10-8-21)18-28-15-13-23(29)14-16-28/h2-12,19,23,29H,13-18H2,1H3,(H,26,31)(H,27,30)/b12-11+. The fraction of sp³-hybridized carbons (Fsp3) is 0.360. The molecule has 2 aromatic rings. The molecule has 1 aliphatic heterocycles. The molecule has 1 unspecified atom stereocenters. The van der Waals surface area contributed by atoms with Crippen LogP contribution in [0.5, 0.6) is 0 Å². The average molecular weight is 422 g/mol. The molecule has 0 saturated carbocycles. The Balaban J connectivity index is 1.40. The molecule has 2 amide bonds. The van der Waals surface area contributed by atoms with Gasteiger partial charge in [0.05, 0.1) is 6.10 Å². The van der Waals surface area contributed by atoms with Gasteiger partial charge < -0.3 is 15.7 Å². The average Bonchev–Trinajstić information content (AvgIpc) is 2.79. The van der Waals surface area contributed by atoms with E-state index in [1.807, 2.05) is 42.5 Å². The normalized spacial score (nSPS) is 16.2. The molecule has 1 aliphatic rings. The van der Waals surface area contributed by atoms with E-state index < -0.39 is 6.04 Å². The first-order valence-electron chi connectivity index (χ1n) is 10.8. The van der Waals surface area contributed by atoms with E-state index in [4.69, 9.17) is 0 Å². The van der Waals surface area contributed by atoms with Crippen molar-refractivity contribution in [1.29, 1.82) is 0 Å². The first-order valence-corrected chi connectivity index (χ1v) is 10.8. The van der Waals surface area contributed by atoms with Crippen molar-refractivity contribution < 1.29 is 14.7 Å². The van der Waals surface area contributed by atoms with Crippen molar-refractivity contribution in [2.45, 2.75) is 45.0 Å². The van der Waals surface area contributed by atoms with Crippen LogP contribution in [0.2, 0.25) is 0 Å². The second kappa shape index (κ2) is 11.4. The van der Waals surface area contributed by atoms with Crippen LogP contribution in [0.15, 0.2) is 60.7 Å². The van der Waals surface area contributed by atoms with Gasteiger partial charge in [-0.1, -0.05) is 54.6 Å². The third-order valence-electron chi connectivity index (χ3n) is 5.43. The molecule has 31 heavy (non-hydrogen) atoms. The monoisotopic (exact) mass is 421 g/mol. The predicted octanol–water partition coefficient (Wildman–Crippen LogP) is 2.48. The summed E-state index contributed by atoms with van der Waals surface area (Å²) in [5.74, 6) is -0.529. The van der Waals surface area contributed by atoms with Crippen molar-refractivity contribution in [3.63, 3.8) is 0 Å². The van der Waals surface area contributed by atoms with E-state index in [2.05, 4.69) is 27.7 Å². The molecular formula is C25H31N3O3. The highest BCUT2D eigenvalue weighted by atomic mass is 16.3. The van der Waals surface area contributed by atoms with Crippen LogP contribution in [0.1, 0.15) is 36.5 Å². The second-order valence-corrected chi connectivity index (χ2v) is 8.02. The highest BCUT2D eigenvalue weighted by Gasteiger charge is 2.17. The van der Waals surface area contributed by atoms with Crippen LogP contribution in [-0.2, 0) is 22.7 Å². The highest BCUT2D eigenvalue weighted by Crippen LogP contribution is 2.14. The fourth-order valence-electron chi connectivity index (χ4n) is 3.50. The summed E-state index contributed by atoms with van der Waals surface area (Å²) in [4.78, 5) is 26.7. The highest BCUT2D eigenvalue weighted by molar-refractivity contribution is 5.95. The van der Waals surface area contributed by atoms with Crippen LogP contribution in [-0.4, -0.2) is 47.1 Å². The predicted molar refractivity (Wildman–Crippen MR) is 122 cm³/mol. The van der Waals surface area contributed by atoms with Crippen molar-refractivity contribution in [3.05, 3.63) is 77.4 Å². The number of rotatable bonds is 8.